The lowest BCUT2D eigenvalue weighted by Crippen LogP contribution is -2.24. The fraction of sp³-hybridized carbons (Fsp3) is 0.444. The first kappa shape index (κ1) is 14.9. The van der Waals surface area contributed by atoms with Crippen molar-refractivity contribution in [1.82, 2.24) is 5.32 Å². The number of furan rings is 1. The fourth-order valence-corrected chi connectivity index (χ4v) is 2.53. The van der Waals surface area contributed by atoms with Gasteiger partial charge in [-0.1, -0.05) is 25.1 Å². The Balaban J connectivity index is 2.19. The van der Waals surface area contributed by atoms with E-state index in [-0.39, 0.29) is 0 Å². The molecule has 1 N–H and O–H groups in total. The zero-order chi connectivity index (χ0) is 14.5. The molecule has 0 aliphatic heterocycles. The Labute approximate surface area is 122 Å². The van der Waals surface area contributed by atoms with Gasteiger partial charge in [-0.3, -0.25) is 0 Å². The summed E-state index contributed by atoms with van der Waals surface area (Å²) in [5.74, 6) is 1.02. The smallest absolute Gasteiger partial charge is 0.105 e. The molecule has 0 aliphatic rings. The topological polar surface area (TPSA) is 25.2 Å². The first-order chi connectivity index (χ1) is 9.61. The highest BCUT2D eigenvalue weighted by Crippen LogP contribution is 2.23. The molecule has 108 valence electrons. The maximum atomic E-state index is 5.47. The molecule has 0 bridgehead atoms. The highest BCUT2D eigenvalue weighted by Gasteiger charge is 2.16. The predicted molar refractivity (Wildman–Crippen MR) is 84.1 cm³/mol. The van der Waals surface area contributed by atoms with E-state index in [0.717, 1.165) is 25.1 Å². The van der Waals surface area contributed by atoms with Gasteiger partial charge in [-0.05, 0) is 62.9 Å². The van der Waals surface area contributed by atoms with Crippen LogP contribution in [0.5, 0.6) is 0 Å². The quantitative estimate of drug-likeness (QED) is 0.837. The van der Waals surface area contributed by atoms with Crippen molar-refractivity contribution in [2.75, 3.05) is 6.54 Å². The summed E-state index contributed by atoms with van der Waals surface area (Å²) in [7, 11) is 0. The van der Waals surface area contributed by atoms with Gasteiger partial charge in [0.05, 0.1) is 6.26 Å². The number of hydrogen-bond acceptors (Lipinski definition) is 2. The number of hydrogen-bond donors (Lipinski definition) is 1. The molecular formula is C18H25NO. The van der Waals surface area contributed by atoms with E-state index in [1.165, 1.54) is 22.3 Å². The summed E-state index contributed by atoms with van der Waals surface area (Å²) in [6, 6.07) is 9.16. The molecule has 2 heteroatoms. The number of rotatable bonds is 6. The summed E-state index contributed by atoms with van der Waals surface area (Å²) in [6.45, 7) is 9.60. The van der Waals surface area contributed by atoms with Gasteiger partial charge < -0.3 is 9.73 Å². The molecule has 0 spiro atoms. The zero-order valence-corrected chi connectivity index (χ0v) is 13.0. The van der Waals surface area contributed by atoms with Crippen molar-refractivity contribution >= 4 is 0 Å². The maximum Gasteiger partial charge on any atom is 0.105 e. The highest BCUT2D eigenvalue weighted by molar-refractivity contribution is 5.32. The van der Waals surface area contributed by atoms with Crippen LogP contribution in [0.3, 0.4) is 0 Å². The van der Waals surface area contributed by atoms with E-state index in [0.29, 0.717) is 6.04 Å². The standard InChI is InChI=1S/C18H25NO/c1-5-9-19-18(17-8-10-20-15(17)4)12-16-7-6-13(2)14(3)11-16/h6-8,10-11,18-19H,5,9,12H2,1-4H3. The van der Waals surface area contributed by atoms with E-state index in [2.05, 4.69) is 50.4 Å². The van der Waals surface area contributed by atoms with Crippen molar-refractivity contribution in [3.8, 4) is 0 Å². The molecule has 0 aliphatic carbocycles. The third-order valence-electron chi connectivity index (χ3n) is 3.93. The molecule has 2 aromatic rings. The average molecular weight is 271 g/mol. The Hall–Kier alpha value is -1.54. The van der Waals surface area contributed by atoms with Crippen LogP contribution in [-0.4, -0.2) is 6.54 Å². The highest BCUT2D eigenvalue weighted by atomic mass is 16.3. The monoisotopic (exact) mass is 271 g/mol. The largest absolute Gasteiger partial charge is 0.469 e. The lowest BCUT2D eigenvalue weighted by atomic mass is 9.96. The van der Waals surface area contributed by atoms with Gasteiger partial charge in [0.25, 0.3) is 0 Å². The van der Waals surface area contributed by atoms with Crippen LogP contribution in [0.25, 0.3) is 0 Å². The van der Waals surface area contributed by atoms with Gasteiger partial charge in [-0.25, -0.2) is 0 Å². The van der Waals surface area contributed by atoms with E-state index in [1.54, 1.807) is 6.26 Å². The van der Waals surface area contributed by atoms with Crippen molar-refractivity contribution in [2.24, 2.45) is 0 Å². The third kappa shape index (κ3) is 3.51. The van der Waals surface area contributed by atoms with Crippen molar-refractivity contribution in [2.45, 2.75) is 46.6 Å². The maximum absolute atomic E-state index is 5.47. The van der Waals surface area contributed by atoms with Crippen LogP contribution in [0.1, 0.15) is 47.4 Å². The molecule has 2 rings (SSSR count). The summed E-state index contributed by atoms with van der Waals surface area (Å²) >= 11 is 0. The Morgan fingerprint density at radius 3 is 2.50 bits per heavy atom. The van der Waals surface area contributed by atoms with Crippen LogP contribution < -0.4 is 5.32 Å². The molecule has 0 fully saturated rings. The van der Waals surface area contributed by atoms with Crippen molar-refractivity contribution in [3.05, 3.63) is 58.5 Å². The van der Waals surface area contributed by atoms with E-state index in [4.69, 9.17) is 4.42 Å². The van der Waals surface area contributed by atoms with Crippen molar-refractivity contribution < 1.29 is 4.42 Å². The molecule has 20 heavy (non-hydrogen) atoms. The summed E-state index contributed by atoms with van der Waals surface area (Å²) < 4.78 is 5.47. The minimum atomic E-state index is 0.329. The summed E-state index contributed by atoms with van der Waals surface area (Å²) in [6.07, 6.45) is 3.92. The summed E-state index contributed by atoms with van der Waals surface area (Å²) in [4.78, 5) is 0. The van der Waals surface area contributed by atoms with E-state index in [9.17, 15) is 0 Å². The van der Waals surface area contributed by atoms with Gasteiger partial charge in [0, 0.05) is 11.6 Å². The third-order valence-corrected chi connectivity index (χ3v) is 3.93. The molecule has 0 amide bonds. The molecule has 2 nitrogen and oxygen atoms in total. The zero-order valence-electron chi connectivity index (χ0n) is 13.0. The second kappa shape index (κ2) is 6.76. The van der Waals surface area contributed by atoms with Crippen LogP contribution in [0.15, 0.2) is 34.9 Å². The molecule has 1 atom stereocenters. The van der Waals surface area contributed by atoms with Gasteiger partial charge in [0.1, 0.15) is 5.76 Å². The minimum absolute atomic E-state index is 0.329. The molecule has 1 unspecified atom stereocenters. The average Bonchev–Trinajstić information content (AvgIpc) is 2.85. The van der Waals surface area contributed by atoms with E-state index < -0.39 is 0 Å². The summed E-state index contributed by atoms with van der Waals surface area (Å²) in [5, 5.41) is 3.64. The van der Waals surface area contributed by atoms with Crippen LogP contribution >= 0.6 is 0 Å². The number of aryl methyl sites for hydroxylation is 3. The molecule has 1 heterocycles. The van der Waals surface area contributed by atoms with Gasteiger partial charge in [-0.15, -0.1) is 0 Å². The molecule has 0 saturated carbocycles. The first-order valence-corrected chi connectivity index (χ1v) is 7.45. The van der Waals surface area contributed by atoms with Crippen LogP contribution in [0, 0.1) is 20.8 Å². The molecule has 0 saturated heterocycles. The molecule has 0 radical (unpaired) electrons. The Bertz CT molecular complexity index is 556. The van der Waals surface area contributed by atoms with Gasteiger partial charge in [0.2, 0.25) is 0 Å². The Morgan fingerprint density at radius 1 is 1.10 bits per heavy atom. The molecule has 1 aromatic heterocycles. The number of benzene rings is 1. The lowest BCUT2D eigenvalue weighted by Gasteiger charge is -2.19. The van der Waals surface area contributed by atoms with Gasteiger partial charge in [0.15, 0.2) is 0 Å². The normalized spacial score (nSPS) is 12.6. The fourth-order valence-electron chi connectivity index (χ4n) is 2.53. The van der Waals surface area contributed by atoms with Gasteiger partial charge >= 0.3 is 0 Å². The first-order valence-electron chi connectivity index (χ1n) is 7.45. The van der Waals surface area contributed by atoms with Crippen LogP contribution in [0.2, 0.25) is 0 Å². The molecule has 1 aromatic carbocycles. The minimum Gasteiger partial charge on any atom is -0.469 e. The van der Waals surface area contributed by atoms with Crippen molar-refractivity contribution in [1.29, 1.82) is 0 Å². The van der Waals surface area contributed by atoms with Crippen LogP contribution in [-0.2, 0) is 6.42 Å². The Morgan fingerprint density at radius 2 is 1.90 bits per heavy atom. The molecular weight excluding hydrogens is 246 g/mol. The second-order valence-electron chi connectivity index (χ2n) is 5.56. The van der Waals surface area contributed by atoms with Crippen LogP contribution in [0.4, 0.5) is 0 Å². The van der Waals surface area contributed by atoms with Crippen molar-refractivity contribution in [3.63, 3.8) is 0 Å². The number of nitrogens with one attached hydrogen (secondary N) is 1. The lowest BCUT2D eigenvalue weighted by molar-refractivity contribution is 0.494. The Kier molecular flexibility index (Phi) is 5.02. The van der Waals surface area contributed by atoms with Gasteiger partial charge in [-0.2, -0.15) is 0 Å². The SMILES string of the molecule is CCCNC(Cc1ccc(C)c(C)c1)c1ccoc1C. The predicted octanol–water partition coefficient (Wildman–Crippen LogP) is 4.49. The summed E-state index contributed by atoms with van der Waals surface area (Å²) in [5.41, 5.74) is 5.37. The van der Waals surface area contributed by atoms with E-state index >= 15 is 0 Å². The second-order valence-corrected chi connectivity index (χ2v) is 5.56. The van der Waals surface area contributed by atoms with E-state index in [1.807, 2.05) is 6.92 Å².